The summed E-state index contributed by atoms with van der Waals surface area (Å²) in [4.78, 5) is 19.3. The Hall–Kier alpha value is -1.94. The molecule has 4 nitrogen and oxygen atoms in total. The first-order valence-electron chi connectivity index (χ1n) is 5.33. The van der Waals surface area contributed by atoms with Crippen molar-refractivity contribution in [2.45, 2.75) is 6.42 Å². The summed E-state index contributed by atoms with van der Waals surface area (Å²) in [6, 6.07) is 9.01. The summed E-state index contributed by atoms with van der Waals surface area (Å²) in [6.45, 7) is 0. The largest absolute Gasteiger partial charge is 0.465 e. The molecule has 0 atom stereocenters. The van der Waals surface area contributed by atoms with E-state index < -0.39 is 0 Å². The van der Waals surface area contributed by atoms with Crippen LogP contribution in [0, 0.1) is 0 Å². The van der Waals surface area contributed by atoms with Crippen molar-refractivity contribution in [1.82, 2.24) is 9.97 Å². The minimum absolute atomic E-state index is 0.219. The molecule has 0 saturated heterocycles. The molecule has 1 heterocycles. The van der Waals surface area contributed by atoms with Gasteiger partial charge < -0.3 is 4.74 Å². The number of esters is 1. The van der Waals surface area contributed by atoms with Gasteiger partial charge in [0.15, 0.2) is 0 Å². The Morgan fingerprint density at radius 1 is 1.39 bits per heavy atom. The van der Waals surface area contributed by atoms with Gasteiger partial charge in [0.05, 0.1) is 12.7 Å². The third kappa shape index (κ3) is 3.05. The van der Waals surface area contributed by atoms with Crippen LogP contribution in [0.1, 0.15) is 21.6 Å². The quantitative estimate of drug-likeness (QED) is 0.630. The van der Waals surface area contributed by atoms with Crippen LogP contribution in [-0.4, -0.2) is 23.0 Å². The van der Waals surface area contributed by atoms with Crippen molar-refractivity contribution < 1.29 is 9.53 Å². The van der Waals surface area contributed by atoms with E-state index in [9.17, 15) is 4.79 Å². The van der Waals surface area contributed by atoms with Gasteiger partial charge in [-0.25, -0.2) is 14.8 Å². The van der Waals surface area contributed by atoms with Crippen LogP contribution in [-0.2, 0) is 11.2 Å². The first kappa shape index (κ1) is 12.5. The molecule has 0 radical (unpaired) electrons. The molecule has 0 aliphatic carbocycles. The predicted octanol–water partition coefficient (Wildman–Crippen LogP) is 2.51. The van der Waals surface area contributed by atoms with Crippen LogP contribution in [0.2, 0.25) is 5.28 Å². The van der Waals surface area contributed by atoms with E-state index in [2.05, 4.69) is 14.7 Å². The molecule has 2 aromatic rings. The molecule has 0 bridgehead atoms. The fraction of sp³-hybridized carbons (Fsp3) is 0.154. The summed E-state index contributed by atoms with van der Waals surface area (Å²) in [7, 11) is 1.36. The second kappa shape index (κ2) is 5.60. The Bertz CT molecular complexity index is 572. The Kier molecular flexibility index (Phi) is 3.89. The summed E-state index contributed by atoms with van der Waals surface area (Å²) >= 11 is 5.72. The molecule has 1 aromatic heterocycles. The van der Waals surface area contributed by atoms with E-state index in [0.717, 1.165) is 11.3 Å². The van der Waals surface area contributed by atoms with Gasteiger partial charge in [-0.05, 0) is 35.4 Å². The topological polar surface area (TPSA) is 52.1 Å². The smallest absolute Gasteiger partial charge is 0.337 e. The monoisotopic (exact) mass is 262 g/mol. The van der Waals surface area contributed by atoms with E-state index in [1.165, 1.54) is 7.11 Å². The molecular formula is C13H11ClN2O2. The lowest BCUT2D eigenvalue weighted by Gasteiger charge is -2.04. The number of nitrogens with zero attached hydrogens (tertiary/aromatic N) is 2. The molecule has 92 valence electrons. The van der Waals surface area contributed by atoms with E-state index in [0.29, 0.717) is 12.0 Å². The average Bonchev–Trinajstić information content (AvgIpc) is 2.38. The summed E-state index contributed by atoms with van der Waals surface area (Å²) < 4.78 is 4.67. The molecule has 0 spiro atoms. The van der Waals surface area contributed by atoms with Crippen LogP contribution in [0.15, 0.2) is 36.5 Å². The Labute approximate surface area is 110 Å². The SMILES string of the molecule is COC(=O)c1cccc(Cc2ccnc(Cl)n2)c1. The first-order chi connectivity index (χ1) is 8.69. The molecular weight excluding hydrogens is 252 g/mol. The minimum atomic E-state index is -0.349. The number of hydrogen-bond donors (Lipinski definition) is 0. The predicted molar refractivity (Wildman–Crippen MR) is 67.6 cm³/mol. The number of carbonyl (C=O) groups excluding carboxylic acids is 1. The van der Waals surface area contributed by atoms with Gasteiger partial charge >= 0.3 is 5.97 Å². The fourth-order valence-electron chi connectivity index (χ4n) is 1.60. The number of halogens is 1. The van der Waals surface area contributed by atoms with Gasteiger partial charge in [0.1, 0.15) is 0 Å². The second-order valence-corrected chi connectivity index (χ2v) is 4.02. The lowest BCUT2D eigenvalue weighted by molar-refractivity contribution is 0.0600. The normalized spacial score (nSPS) is 10.1. The van der Waals surface area contributed by atoms with Crippen LogP contribution in [0.5, 0.6) is 0 Å². The number of benzene rings is 1. The third-order valence-corrected chi connectivity index (χ3v) is 2.60. The summed E-state index contributed by atoms with van der Waals surface area (Å²) in [5.74, 6) is -0.349. The molecule has 0 unspecified atom stereocenters. The highest BCUT2D eigenvalue weighted by atomic mass is 35.5. The molecule has 0 saturated carbocycles. The lowest BCUT2D eigenvalue weighted by Crippen LogP contribution is -2.02. The zero-order valence-corrected chi connectivity index (χ0v) is 10.5. The molecule has 0 aliphatic rings. The molecule has 2 rings (SSSR count). The highest BCUT2D eigenvalue weighted by Gasteiger charge is 2.06. The maximum atomic E-state index is 11.4. The van der Waals surface area contributed by atoms with Gasteiger partial charge in [0, 0.05) is 18.3 Å². The Morgan fingerprint density at radius 3 is 2.94 bits per heavy atom. The van der Waals surface area contributed by atoms with Crippen molar-refractivity contribution >= 4 is 17.6 Å². The molecule has 18 heavy (non-hydrogen) atoms. The molecule has 0 amide bonds. The second-order valence-electron chi connectivity index (χ2n) is 3.69. The molecule has 0 fully saturated rings. The van der Waals surface area contributed by atoms with E-state index >= 15 is 0 Å². The van der Waals surface area contributed by atoms with Crippen molar-refractivity contribution in [2.75, 3.05) is 7.11 Å². The fourth-order valence-corrected chi connectivity index (χ4v) is 1.77. The highest BCUT2D eigenvalue weighted by Crippen LogP contribution is 2.11. The highest BCUT2D eigenvalue weighted by molar-refractivity contribution is 6.28. The third-order valence-electron chi connectivity index (χ3n) is 2.42. The van der Waals surface area contributed by atoms with Crippen LogP contribution >= 0.6 is 11.6 Å². The van der Waals surface area contributed by atoms with Gasteiger partial charge in [0.25, 0.3) is 0 Å². The molecule has 1 aromatic carbocycles. The van der Waals surface area contributed by atoms with Crippen molar-refractivity contribution in [2.24, 2.45) is 0 Å². The average molecular weight is 263 g/mol. The summed E-state index contributed by atoms with van der Waals surface area (Å²) in [5, 5.41) is 0.219. The summed E-state index contributed by atoms with van der Waals surface area (Å²) in [5.41, 5.74) is 2.29. The van der Waals surface area contributed by atoms with E-state index in [-0.39, 0.29) is 11.3 Å². The number of hydrogen-bond acceptors (Lipinski definition) is 4. The molecule has 0 aliphatic heterocycles. The Morgan fingerprint density at radius 2 is 2.22 bits per heavy atom. The van der Waals surface area contributed by atoms with Gasteiger partial charge in [0.2, 0.25) is 5.28 Å². The van der Waals surface area contributed by atoms with Crippen LogP contribution < -0.4 is 0 Å². The van der Waals surface area contributed by atoms with E-state index in [4.69, 9.17) is 11.6 Å². The number of rotatable bonds is 3. The minimum Gasteiger partial charge on any atom is -0.465 e. The van der Waals surface area contributed by atoms with Crippen molar-refractivity contribution in [3.8, 4) is 0 Å². The van der Waals surface area contributed by atoms with Crippen molar-refractivity contribution in [3.63, 3.8) is 0 Å². The van der Waals surface area contributed by atoms with Crippen LogP contribution in [0.25, 0.3) is 0 Å². The van der Waals surface area contributed by atoms with E-state index in [1.807, 2.05) is 12.1 Å². The lowest BCUT2D eigenvalue weighted by atomic mass is 10.1. The van der Waals surface area contributed by atoms with Gasteiger partial charge in [-0.2, -0.15) is 0 Å². The van der Waals surface area contributed by atoms with Crippen LogP contribution in [0.4, 0.5) is 0 Å². The van der Waals surface area contributed by atoms with Gasteiger partial charge in [-0.3, -0.25) is 0 Å². The van der Waals surface area contributed by atoms with Crippen LogP contribution in [0.3, 0.4) is 0 Å². The zero-order valence-electron chi connectivity index (χ0n) is 9.76. The van der Waals surface area contributed by atoms with Crippen molar-refractivity contribution in [1.29, 1.82) is 0 Å². The van der Waals surface area contributed by atoms with Crippen molar-refractivity contribution in [3.05, 3.63) is 58.6 Å². The zero-order chi connectivity index (χ0) is 13.0. The number of methoxy groups -OCH3 is 1. The van der Waals surface area contributed by atoms with Gasteiger partial charge in [-0.15, -0.1) is 0 Å². The first-order valence-corrected chi connectivity index (χ1v) is 5.71. The van der Waals surface area contributed by atoms with Gasteiger partial charge in [-0.1, -0.05) is 12.1 Å². The molecule has 5 heteroatoms. The number of aromatic nitrogens is 2. The maximum Gasteiger partial charge on any atom is 0.337 e. The number of carbonyl (C=O) groups is 1. The van der Waals surface area contributed by atoms with E-state index in [1.54, 1.807) is 24.4 Å². The maximum absolute atomic E-state index is 11.4. The molecule has 0 N–H and O–H groups in total. The Balaban J connectivity index is 2.22. The summed E-state index contributed by atoms with van der Waals surface area (Å²) in [6.07, 6.45) is 2.20. The number of ether oxygens (including phenoxy) is 1. The standard InChI is InChI=1S/C13H11ClN2O2/c1-18-12(17)10-4-2-3-9(7-10)8-11-5-6-15-13(14)16-11/h2-7H,8H2,1H3.